The number of hydrogen-bond acceptors (Lipinski definition) is 6. The lowest BCUT2D eigenvalue weighted by Gasteiger charge is -2.28. The van der Waals surface area contributed by atoms with Gasteiger partial charge in [0.05, 0.1) is 18.9 Å². The lowest BCUT2D eigenvalue weighted by Crippen LogP contribution is -2.27. The molecule has 14 heteroatoms. The van der Waals surface area contributed by atoms with Gasteiger partial charge in [0, 0.05) is 17.8 Å². The number of benzene rings is 3. The maximum Gasteiger partial charge on any atom is 0.573 e. The number of hydrogen-bond donors (Lipinski definition) is 2. The van der Waals surface area contributed by atoms with Crippen LogP contribution in [0, 0.1) is 0 Å². The van der Waals surface area contributed by atoms with Crippen molar-refractivity contribution >= 4 is 23.5 Å². The van der Waals surface area contributed by atoms with Gasteiger partial charge in [-0.15, -0.1) is 26.3 Å². The molecule has 2 amide bonds. The van der Waals surface area contributed by atoms with Crippen LogP contribution in [0.4, 0.5) is 32.0 Å². The molecule has 0 bridgehead atoms. The Labute approximate surface area is 261 Å². The van der Waals surface area contributed by atoms with Crippen molar-refractivity contribution in [2.45, 2.75) is 57.7 Å². The summed E-state index contributed by atoms with van der Waals surface area (Å²) >= 11 is 0. The minimum Gasteiger partial charge on any atom is -0.466 e. The summed E-state index contributed by atoms with van der Waals surface area (Å²) in [5.41, 5.74) is 1.45. The molecule has 0 radical (unpaired) electrons. The highest BCUT2D eigenvalue weighted by Crippen LogP contribution is 2.39. The first kappa shape index (κ1) is 35.7. The maximum atomic E-state index is 13.8. The molecule has 0 saturated carbocycles. The molecule has 8 nitrogen and oxygen atoms in total. The van der Waals surface area contributed by atoms with E-state index in [0.29, 0.717) is 29.5 Å². The van der Waals surface area contributed by atoms with Crippen LogP contribution in [0.1, 0.15) is 66.4 Å². The fourth-order valence-electron chi connectivity index (χ4n) is 4.73. The van der Waals surface area contributed by atoms with Gasteiger partial charge >= 0.3 is 18.7 Å². The molecule has 2 atom stereocenters. The second-order valence-corrected chi connectivity index (χ2v) is 9.98. The van der Waals surface area contributed by atoms with Crippen molar-refractivity contribution in [2.24, 2.45) is 0 Å². The van der Waals surface area contributed by atoms with E-state index >= 15 is 0 Å². The Morgan fingerprint density at radius 1 is 0.739 bits per heavy atom. The van der Waals surface area contributed by atoms with Crippen LogP contribution < -0.4 is 20.1 Å². The summed E-state index contributed by atoms with van der Waals surface area (Å²) in [4.78, 5) is 37.9. The fourth-order valence-corrected chi connectivity index (χ4v) is 4.73. The summed E-state index contributed by atoms with van der Waals surface area (Å²) in [5, 5.41) is 5.30. The minimum absolute atomic E-state index is 0.00207. The molecule has 0 aliphatic rings. The summed E-state index contributed by atoms with van der Waals surface area (Å²) in [6.07, 6.45) is -8.77. The summed E-state index contributed by atoms with van der Waals surface area (Å²) in [6, 6.07) is 15.7. The summed E-state index contributed by atoms with van der Waals surface area (Å²) < 4.78 is 88.6. The lowest BCUT2D eigenvalue weighted by atomic mass is 9.78. The number of amides is 2. The third-order valence-electron chi connectivity index (χ3n) is 6.63. The molecule has 3 rings (SSSR count). The van der Waals surface area contributed by atoms with Gasteiger partial charge in [0.15, 0.2) is 0 Å². The molecule has 2 N–H and O–H groups in total. The summed E-state index contributed by atoms with van der Waals surface area (Å²) in [5.74, 6) is -3.95. The van der Waals surface area contributed by atoms with Gasteiger partial charge in [-0.3, -0.25) is 14.4 Å². The number of ether oxygens (including phenoxy) is 3. The van der Waals surface area contributed by atoms with Crippen LogP contribution in [0.25, 0.3) is 0 Å². The third-order valence-corrected chi connectivity index (χ3v) is 6.63. The lowest BCUT2D eigenvalue weighted by molar-refractivity contribution is -0.275. The van der Waals surface area contributed by atoms with E-state index in [2.05, 4.69) is 20.1 Å². The van der Waals surface area contributed by atoms with Crippen molar-refractivity contribution < 1.29 is 54.9 Å². The first-order chi connectivity index (χ1) is 21.7. The van der Waals surface area contributed by atoms with Crippen molar-refractivity contribution in [3.05, 3.63) is 89.5 Å². The van der Waals surface area contributed by atoms with E-state index in [1.165, 1.54) is 24.3 Å². The Balaban J connectivity index is 1.89. The zero-order chi connectivity index (χ0) is 33.9. The predicted molar refractivity (Wildman–Crippen MR) is 155 cm³/mol. The van der Waals surface area contributed by atoms with E-state index in [1.54, 1.807) is 31.2 Å². The second-order valence-electron chi connectivity index (χ2n) is 9.98. The molecule has 0 spiro atoms. The molecule has 3 aromatic rings. The average Bonchev–Trinajstić information content (AvgIpc) is 2.97. The molecule has 248 valence electrons. The fraction of sp³-hybridized carbons (Fsp3) is 0.344. The molecule has 0 aromatic heterocycles. The molecule has 0 aliphatic carbocycles. The van der Waals surface area contributed by atoms with Gasteiger partial charge in [-0.05, 0) is 78.9 Å². The van der Waals surface area contributed by atoms with Gasteiger partial charge in [-0.1, -0.05) is 37.6 Å². The molecular weight excluding hydrogens is 622 g/mol. The highest BCUT2D eigenvalue weighted by molar-refractivity contribution is 5.97. The van der Waals surface area contributed by atoms with Crippen LogP contribution in [-0.4, -0.2) is 43.7 Å². The number of halogens is 6. The van der Waals surface area contributed by atoms with Crippen LogP contribution in [0.5, 0.6) is 11.5 Å². The second kappa shape index (κ2) is 16.0. The van der Waals surface area contributed by atoms with Crippen molar-refractivity contribution in [1.82, 2.24) is 5.32 Å². The largest absolute Gasteiger partial charge is 0.573 e. The quantitative estimate of drug-likeness (QED) is 0.138. The first-order valence-corrected chi connectivity index (χ1v) is 14.2. The minimum atomic E-state index is -4.92. The zero-order valence-corrected chi connectivity index (χ0v) is 24.8. The van der Waals surface area contributed by atoms with Gasteiger partial charge in [-0.25, -0.2) is 0 Å². The third kappa shape index (κ3) is 11.3. The zero-order valence-electron chi connectivity index (χ0n) is 24.8. The Kier molecular flexibility index (Phi) is 12.4. The molecule has 0 fully saturated rings. The van der Waals surface area contributed by atoms with Crippen LogP contribution >= 0.6 is 0 Å². The van der Waals surface area contributed by atoms with E-state index in [-0.39, 0.29) is 25.3 Å². The number of anilines is 1. The smallest absolute Gasteiger partial charge is 0.466 e. The Morgan fingerprint density at radius 3 is 1.76 bits per heavy atom. The van der Waals surface area contributed by atoms with Gasteiger partial charge in [0.1, 0.15) is 11.5 Å². The highest BCUT2D eigenvalue weighted by atomic mass is 19.4. The van der Waals surface area contributed by atoms with Crippen LogP contribution in [-0.2, 0) is 14.3 Å². The summed E-state index contributed by atoms with van der Waals surface area (Å²) in [7, 11) is 0. The van der Waals surface area contributed by atoms with Gasteiger partial charge in [-0.2, -0.15) is 0 Å². The van der Waals surface area contributed by atoms with E-state index < -0.39 is 53.8 Å². The van der Waals surface area contributed by atoms with Crippen molar-refractivity contribution in [1.29, 1.82) is 0 Å². The van der Waals surface area contributed by atoms with Crippen LogP contribution in [0.15, 0.2) is 72.8 Å². The molecule has 0 unspecified atom stereocenters. The van der Waals surface area contributed by atoms with E-state index in [0.717, 1.165) is 24.3 Å². The molecule has 0 aliphatic heterocycles. The molecule has 0 saturated heterocycles. The summed E-state index contributed by atoms with van der Waals surface area (Å²) in [6.45, 7) is 3.84. The average molecular weight is 655 g/mol. The normalized spacial score (nSPS) is 12.9. The monoisotopic (exact) mass is 654 g/mol. The van der Waals surface area contributed by atoms with Gasteiger partial charge < -0.3 is 24.8 Å². The number of nitrogens with one attached hydrogen (secondary N) is 2. The predicted octanol–water partition coefficient (Wildman–Crippen LogP) is 7.47. The molecule has 0 heterocycles. The van der Waals surface area contributed by atoms with Gasteiger partial charge in [0.25, 0.3) is 5.91 Å². The van der Waals surface area contributed by atoms with Crippen LogP contribution in [0.3, 0.4) is 0 Å². The molecular formula is C32H32F6N2O6. The van der Waals surface area contributed by atoms with Crippen molar-refractivity contribution in [2.75, 3.05) is 18.5 Å². The topological polar surface area (TPSA) is 103 Å². The number of alkyl halides is 6. The Bertz CT molecular complexity index is 1440. The molecule has 46 heavy (non-hydrogen) atoms. The van der Waals surface area contributed by atoms with E-state index in [9.17, 15) is 40.7 Å². The van der Waals surface area contributed by atoms with Gasteiger partial charge in [0.2, 0.25) is 5.91 Å². The first-order valence-electron chi connectivity index (χ1n) is 14.2. The number of carbonyl (C=O) groups is 3. The number of esters is 1. The van der Waals surface area contributed by atoms with Crippen molar-refractivity contribution in [3.8, 4) is 11.5 Å². The SMILES string of the molecule is CCC[C@@H](c1ccc(C(=O)NCCC(=O)OCC)cc1)[C@H](C(=O)Nc1ccc(OC(F)(F)F)cc1)c1ccc(OC(F)(F)F)cc1. The van der Waals surface area contributed by atoms with Crippen LogP contribution in [0.2, 0.25) is 0 Å². The number of rotatable bonds is 14. The Morgan fingerprint density at radius 2 is 1.26 bits per heavy atom. The molecule has 3 aromatic carbocycles. The maximum absolute atomic E-state index is 13.8. The van der Waals surface area contributed by atoms with E-state index in [4.69, 9.17) is 4.74 Å². The number of carbonyl (C=O) groups excluding carboxylic acids is 3. The van der Waals surface area contributed by atoms with E-state index in [1.807, 2.05) is 6.92 Å². The van der Waals surface area contributed by atoms with Crippen molar-refractivity contribution in [3.63, 3.8) is 0 Å². The standard InChI is InChI=1S/C32H32F6N2O6/c1-3-5-26(20-6-8-22(9-7-20)29(42)39-19-18-27(41)44-4-2)28(21-10-14-24(15-11-21)45-31(33,34)35)30(43)40-23-12-16-25(17-13-23)46-32(36,37)38/h6-17,26,28H,3-5,18-19H2,1-2H3,(H,39,42)(H,40,43)/t26-,28+/m0/s1. The Hall–Kier alpha value is -4.75. The highest BCUT2D eigenvalue weighted by Gasteiger charge is 2.34.